The van der Waals surface area contributed by atoms with Gasteiger partial charge in [0, 0.05) is 25.7 Å². The molecular weight excluding hydrogens is 1270 g/mol. The van der Waals surface area contributed by atoms with Crippen molar-refractivity contribution in [3.63, 3.8) is 0 Å². The third kappa shape index (κ3) is 68.3. The van der Waals surface area contributed by atoms with Gasteiger partial charge in [-0.3, -0.25) is 37.3 Å². The number of carbonyl (C=O) groups excluding carboxylic acids is 4. The smallest absolute Gasteiger partial charge is 0.462 e. The number of hydrogen-bond acceptors (Lipinski definition) is 15. The number of aliphatic hydroxyl groups is 1. The van der Waals surface area contributed by atoms with Gasteiger partial charge in [0.15, 0.2) is 12.2 Å². The minimum atomic E-state index is -4.96. The Hall–Kier alpha value is -1.94. The molecule has 0 saturated heterocycles. The highest BCUT2D eigenvalue weighted by molar-refractivity contribution is 7.47. The van der Waals surface area contributed by atoms with Crippen LogP contribution in [-0.4, -0.2) is 96.7 Å². The molecule has 0 saturated carbocycles. The first kappa shape index (κ1) is 95.1. The molecule has 3 N–H and O–H groups in total. The van der Waals surface area contributed by atoms with Crippen LogP contribution in [0.4, 0.5) is 0 Å². The Balaban J connectivity index is 5.24. The SMILES string of the molecule is CCC(C)CCCCCCCCCCCCC(=O)OC[C@H](COP(=O)(O)OC[C@@H](O)COP(=O)(O)OC[C@@H](COC(=O)CCCCCCCCC(C)CC)OC(=O)CCCCCCCCCCCCCCCCCCC(C)C)OC(=O)CCCCCCCCCCCCC(C)CC. The summed E-state index contributed by atoms with van der Waals surface area (Å²) in [6.45, 7) is 14.3. The van der Waals surface area contributed by atoms with Crippen molar-refractivity contribution in [2.75, 3.05) is 39.6 Å². The van der Waals surface area contributed by atoms with E-state index in [0.29, 0.717) is 25.7 Å². The zero-order valence-corrected chi connectivity index (χ0v) is 65.5. The molecule has 5 unspecified atom stereocenters. The lowest BCUT2D eigenvalue weighted by Crippen LogP contribution is -2.30. The number of hydrogen-bond donors (Lipinski definition) is 3. The first-order chi connectivity index (χ1) is 46.7. The number of unbranched alkanes of at least 4 members (excludes halogenated alkanes) is 38. The van der Waals surface area contributed by atoms with E-state index < -0.39 is 97.5 Å². The van der Waals surface area contributed by atoms with Crippen molar-refractivity contribution < 1.29 is 80.2 Å². The van der Waals surface area contributed by atoms with E-state index in [9.17, 15) is 43.2 Å². The van der Waals surface area contributed by atoms with E-state index in [1.54, 1.807) is 0 Å². The van der Waals surface area contributed by atoms with Crippen LogP contribution >= 0.6 is 15.6 Å². The molecule has 0 bridgehead atoms. The molecule has 19 heteroatoms. The molecule has 0 rings (SSSR count). The van der Waals surface area contributed by atoms with Gasteiger partial charge in [0.1, 0.15) is 19.3 Å². The second-order valence-corrected chi connectivity index (χ2v) is 32.2. The molecule has 17 nitrogen and oxygen atoms in total. The second kappa shape index (κ2) is 67.2. The Morgan fingerprint density at radius 1 is 0.289 bits per heavy atom. The largest absolute Gasteiger partial charge is 0.472 e. The molecule has 0 radical (unpaired) electrons. The normalized spacial score (nSPS) is 14.9. The summed E-state index contributed by atoms with van der Waals surface area (Å²) in [4.78, 5) is 72.9. The molecular formula is C78H152O17P2. The molecule has 0 aliphatic heterocycles. The maximum atomic E-state index is 13.1. The number of rotatable bonds is 75. The third-order valence-corrected chi connectivity index (χ3v) is 21.1. The Bertz CT molecular complexity index is 1910. The molecule has 0 aliphatic carbocycles. The highest BCUT2D eigenvalue weighted by Gasteiger charge is 2.30. The van der Waals surface area contributed by atoms with E-state index in [-0.39, 0.29) is 25.7 Å². The average molecular weight is 1420 g/mol. The van der Waals surface area contributed by atoms with Gasteiger partial charge in [0.05, 0.1) is 26.4 Å². The van der Waals surface area contributed by atoms with E-state index >= 15 is 0 Å². The van der Waals surface area contributed by atoms with Crippen molar-refractivity contribution >= 4 is 39.5 Å². The van der Waals surface area contributed by atoms with Crippen LogP contribution in [0.25, 0.3) is 0 Å². The molecule has 97 heavy (non-hydrogen) atoms. The van der Waals surface area contributed by atoms with E-state index in [0.717, 1.165) is 120 Å². The fourth-order valence-corrected chi connectivity index (χ4v) is 13.4. The minimum absolute atomic E-state index is 0.106. The summed E-state index contributed by atoms with van der Waals surface area (Å²) in [5.41, 5.74) is 0. The number of esters is 4. The van der Waals surface area contributed by atoms with Gasteiger partial charge in [-0.1, -0.05) is 344 Å². The zero-order chi connectivity index (χ0) is 71.7. The van der Waals surface area contributed by atoms with E-state index in [2.05, 4.69) is 55.4 Å². The first-order valence-electron chi connectivity index (χ1n) is 40.3. The van der Waals surface area contributed by atoms with Crippen molar-refractivity contribution in [1.82, 2.24) is 0 Å². The summed E-state index contributed by atoms with van der Waals surface area (Å²) in [6.07, 6.45) is 52.6. The predicted molar refractivity (Wildman–Crippen MR) is 395 cm³/mol. The minimum Gasteiger partial charge on any atom is -0.462 e. The first-order valence-corrected chi connectivity index (χ1v) is 43.3. The van der Waals surface area contributed by atoms with Gasteiger partial charge in [0.2, 0.25) is 0 Å². The van der Waals surface area contributed by atoms with E-state index in [1.807, 2.05) is 0 Å². The van der Waals surface area contributed by atoms with Gasteiger partial charge in [0.25, 0.3) is 0 Å². The summed E-state index contributed by atoms with van der Waals surface area (Å²) < 4.78 is 68.6. The molecule has 576 valence electrons. The maximum Gasteiger partial charge on any atom is 0.472 e. The summed E-state index contributed by atoms with van der Waals surface area (Å²) in [7, 11) is -9.92. The topological polar surface area (TPSA) is 237 Å². The molecule has 0 aromatic heterocycles. The number of carbonyl (C=O) groups is 4. The molecule has 0 spiro atoms. The Morgan fingerprint density at radius 2 is 0.495 bits per heavy atom. The third-order valence-electron chi connectivity index (χ3n) is 19.2. The molecule has 0 fully saturated rings. The number of ether oxygens (including phenoxy) is 4. The van der Waals surface area contributed by atoms with Crippen molar-refractivity contribution in [1.29, 1.82) is 0 Å². The number of phosphoric ester groups is 2. The highest BCUT2D eigenvalue weighted by Crippen LogP contribution is 2.45. The van der Waals surface area contributed by atoms with Gasteiger partial charge in [-0.2, -0.15) is 0 Å². The Labute approximate surface area is 594 Å². The summed E-state index contributed by atoms with van der Waals surface area (Å²) in [6, 6.07) is 0. The average Bonchev–Trinajstić information content (AvgIpc) is 1.22. The lowest BCUT2D eigenvalue weighted by atomic mass is 9.99. The van der Waals surface area contributed by atoms with E-state index in [4.69, 9.17) is 37.0 Å². The Morgan fingerprint density at radius 3 is 0.732 bits per heavy atom. The lowest BCUT2D eigenvalue weighted by Gasteiger charge is -2.21. The Kier molecular flexibility index (Phi) is 65.9. The quantitative estimate of drug-likeness (QED) is 0.0222. The lowest BCUT2D eigenvalue weighted by molar-refractivity contribution is -0.161. The van der Waals surface area contributed by atoms with Crippen LogP contribution in [0, 0.1) is 23.7 Å². The van der Waals surface area contributed by atoms with Gasteiger partial charge in [-0.05, 0) is 49.4 Å². The molecule has 8 atom stereocenters. The van der Waals surface area contributed by atoms with Gasteiger partial charge >= 0.3 is 39.5 Å². The van der Waals surface area contributed by atoms with Crippen LogP contribution in [0.5, 0.6) is 0 Å². The van der Waals surface area contributed by atoms with Crippen LogP contribution in [0.15, 0.2) is 0 Å². The highest BCUT2D eigenvalue weighted by atomic mass is 31.2. The van der Waals surface area contributed by atoms with Crippen LogP contribution in [0.2, 0.25) is 0 Å². The van der Waals surface area contributed by atoms with Gasteiger partial charge < -0.3 is 33.8 Å². The standard InChI is InChI=1S/C78H152O17P2/c1-9-69(6)55-47-39-31-25-20-22-27-33-42-50-58-75(80)88-64-73(94-78(83)61-53-45-35-29-23-21-26-32-40-48-56-70(7)10-2)66-92-96(84,85)90-62-72(79)63-91-97(86,87)93-67-74(65-89-76(81)59-51-43-37-36-41-49-57-71(8)11-3)95-77(82)60-52-44-34-28-19-17-15-13-12-14-16-18-24-30-38-46-54-68(4)5/h68-74,79H,9-67H2,1-8H3,(H,84,85)(H,86,87)/t69?,70?,71?,72-,73-,74-/m1/s1. The summed E-state index contributed by atoms with van der Waals surface area (Å²) >= 11 is 0. The predicted octanol–water partition coefficient (Wildman–Crippen LogP) is 22.8. The van der Waals surface area contributed by atoms with Crippen molar-refractivity contribution in [2.24, 2.45) is 23.7 Å². The molecule has 0 aliphatic rings. The second-order valence-electron chi connectivity index (χ2n) is 29.3. The molecule has 0 aromatic carbocycles. The number of phosphoric acid groups is 2. The van der Waals surface area contributed by atoms with Gasteiger partial charge in [-0.15, -0.1) is 0 Å². The molecule has 0 amide bonds. The summed E-state index contributed by atoms with van der Waals surface area (Å²) in [5, 5.41) is 10.6. The fraction of sp³-hybridized carbons (Fsp3) is 0.949. The number of aliphatic hydroxyl groups excluding tert-OH is 1. The van der Waals surface area contributed by atoms with Crippen molar-refractivity contribution in [3.05, 3.63) is 0 Å². The van der Waals surface area contributed by atoms with Crippen LogP contribution in [0.1, 0.15) is 396 Å². The zero-order valence-electron chi connectivity index (χ0n) is 63.7. The van der Waals surface area contributed by atoms with Crippen molar-refractivity contribution in [2.45, 2.75) is 414 Å². The van der Waals surface area contributed by atoms with E-state index in [1.165, 1.54) is 193 Å². The van der Waals surface area contributed by atoms with Crippen LogP contribution in [-0.2, 0) is 65.4 Å². The van der Waals surface area contributed by atoms with Crippen molar-refractivity contribution in [3.8, 4) is 0 Å². The van der Waals surface area contributed by atoms with Crippen LogP contribution < -0.4 is 0 Å². The van der Waals surface area contributed by atoms with Gasteiger partial charge in [-0.25, -0.2) is 9.13 Å². The monoisotopic (exact) mass is 1420 g/mol. The van der Waals surface area contributed by atoms with Crippen LogP contribution in [0.3, 0.4) is 0 Å². The molecule has 0 heterocycles. The summed E-state index contributed by atoms with van der Waals surface area (Å²) in [5.74, 6) is 1.03. The maximum absolute atomic E-state index is 13.1. The molecule has 0 aromatic rings. The fourth-order valence-electron chi connectivity index (χ4n) is 11.8.